The Labute approximate surface area is 140 Å². The van der Waals surface area contributed by atoms with E-state index in [9.17, 15) is 8.42 Å². The predicted molar refractivity (Wildman–Crippen MR) is 92.4 cm³/mol. The molecule has 1 N–H and O–H groups in total. The first kappa shape index (κ1) is 15.1. The standard InChI is InChI=1S/C17H18N4O2S/c1-21-17(14-6-2-3-7-15(14)19-21)24(22,23)20-13-9-8-12-5-4-10-18-16(12)11-13/h4-5,8-11,20H,2-3,6-7H2,1H3. The first-order chi connectivity index (χ1) is 11.5. The molecule has 0 saturated carbocycles. The number of hydrogen-bond acceptors (Lipinski definition) is 4. The largest absolute Gasteiger partial charge is 0.279 e. The van der Waals surface area contributed by atoms with Crippen LogP contribution in [0.5, 0.6) is 0 Å². The summed E-state index contributed by atoms with van der Waals surface area (Å²) in [6, 6.07) is 9.16. The second-order valence-corrected chi connectivity index (χ2v) is 7.68. The molecule has 2 aromatic heterocycles. The summed E-state index contributed by atoms with van der Waals surface area (Å²) in [6.45, 7) is 0. The molecule has 0 atom stereocenters. The van der Waals surface area contributed by atoms with E-state index in [-0.39, 0.29) is 5.03 Å². The van der Waals surface area contributed by atoms with Crippen LogP contribution in [0.15, 0.2) is 41.6 Å². The number of nitrogens with zero attached hydrogens (tertiary/aromatic N) is 3. The van der Waals surface area contributed by atoms with Crippen LogP contribution in [0.25, 0.3) is 10.9 Å². The smallest absolute Gasteiger partial charge is 0.278 e. The molecular weight excluding hydrogens is 324 g/mol. The van der Waals surface area contributed by atoms with Crippen LogP contribution in [0.1, 0.15) is 24.1 Å². The van der Waals surface area contributed by atoms with Gasteiger partial charge in [0.15, 0.2) is 5.03 Å². The molecule has 6 nitrogen and oxygen atoms in total. The third-order valence-corrected chi connectivity index (χ3v) is 5.90. The number of aryl methyl sites for hydroxylation is 2. The highest BCUT2D eigenvalue weighted by Gasteiger charge is 2.28. The van der Waals surface area contributed by atoms with Crippen LogP contribution in [0.3, 0.4) is 0 Å². The average molecular weight is 342 g/mol. The van der Waals surface area contributed by atoms with E-state index in [1.165, 1.54) is 4.68 Å². The van der Waals surface area contributed by atoms with E-state index in [1.54, 1.807) is 25.4 Å². The Kier molecular flexibility index (Phi) is 3.53. The fourth-order valence-electron chi connectivity index (χ4n) is 3.32. The fraction of sp³-hybridized carbons (Fsp3) is 0.294. The van der Waals surface area contributed by atoms with E-state index in [4.69, 9.17) is 0 Å². The Balaban J connectivity index is 1.74. The number of aromatic nitrogens is 3. The summed E-state index contributed by atoms with van der Waals surface area (Å²) in [5.41, 5.74) is 3.02. The van der Waals surface area contributed by atoms with E-state index in [2.05, 4.69) is 14.8 Å². The minimum Gasteiger partial charge on any atom is -0.278 e. The van der Waals surface area contributed by atoms with Gasteiger partial charge in [0.25, 0.3) is 10.0 Å². The highest BCUT2D eigenvalue weighted by atomic mass is 32.2. The summed E-state index contributed by atoms with van der Waals surface area (Å²) in [4.78, 5) is 4.27. The van der Waals surface area contributed by atoms with E-state index in [0.717, 1.165) is 47.8 Å². The van der Waals surface area contributed by atoms with Crippen LogP contribution in [0.2, 0.25) is 0 Å². The van der Waals surface area contributed by atoms with Crippen LogP contribution in [0, 0.1) is 0 Å². The Morgan fingerprint density at radius 1 is 1.17 bits per heavy atom. The Morgan fingerprint density at radius 2 is 2.00 bits per heavy atom. The number of hydrogen-bond donors (Lipinski definition) is 1. The maximum Gasteiger partial charge on any atom is 0.279 e. The van der Waals surface area contributed by atoms with Crippen LogP contribution in [-0.4, -0.2) is 23.2 Å². The van der Waals surface area contributed by atoms with Gasteiger partial charge in [0, 0.05) is 24.2 Å². The Bertz CT molecular complexity index is 1020. The van der Waals surface area contributed by atoms with Gasteiger partial charge in [0.1, 0.15) is 0 Å². The molecule has 0 bridgehead atoms. The first-order valence-electron chi connectivity index (χ1n) is 7.97. The monoisotopic (exact) mass is 342 g/mol. The zero-order valence-corrected chi connectivity index (χ0v) is 14.2. The number of nitrogens with one attached hydrogen (secondary N) is 1. The van der Waals surface area contributed by atoms with Gasteiger partial charge in [-0.3, -0.25) is 14.4 Å². The lowest BCUT2D eigenvalue weighted by molar-refractivity contribution is 0.579. The van der Waals surface area contributed by atoms with Crippen molar-refractivity contribution in [2.45, 2.75) is 30.7 Å². The van der Waals surface area contributed by atoms with Crippen molar-refractivity contribution < 1.29 is 8.42 Å². The molecule has 0 fully saturated rings. The molecule has 0 unspecified atom stereocenters. The fourth-order valence-corrected chi connectivity index (χ4v) is 4.79. The summed E-state index contributed by atoms with van der Waals surface area (Å²) in [6.07, 6.45) is 5.36. The van der Waals surface area contributed by atoms with Crippen molar-refractivity contribution in [2.75, 3.05) is 4.72 Å². The Hall–Kier alpha value is -2.41. The van der Waals surface area contributed by atoms with Crippen LogP contribution in [-0.2, 0) is 29.9 Å². The van der Waals surface area contributed by atoms with Gasteiger partial charge in [-0.1, -0.05) is 12.1 Å². The second-order valence-electron chi connectivity index (χ2n) is 6.08. The van der Waals surface area contributed by atoms with Gasteiger partial charge in [-0.15, -0.1) is 0 Å². The van der Waals surface area contributed by atoms with Crippen LogP contribution >= 0.6 is 0 Å². The zero-order chi connectivity index (χ0) is 16.7. The molecule has 1 aliphatic rings. The summed E-state index contributed by atoms with van der Waals surface area (Å²) >= 11 is 0. The van der Waals surface area contributed by atoms with Gasteiger partial charge in [0.2, 0.25) is 0 Å². The lowest BCUT2D eigenvalue weighted by Crippen LogP contribution is -2.18. The molecule has 0 spiro atoms. The summed E-state index contributed by atoms with van der Waals surface area (Å²) in [7, 11) is -2.00. The van der Waals surface area contributed by atoms with Crippen molar-refractivity contribution >= 4 is 26.6 Å². The van der Waals surface area contributed by atoms with E-state index >= 15 is 0 Å². The topological polar surface area (TPSA) is 76.9 Å². The molecule has 7 heteroatoms. The van der Waals surface area contributed by atoms with Crippen molar-refractivity contribution in [3.63, 3.8) is 0 Å². The van der Waals surface area contributed by atoms with Crippen molar-refractivity contribution in [3.05, 3.63) is 47.8 Å². The van der Waals surface area contributed by atoms with Gasteiger partial charge < -0.3 is 0 Å². The summed E-state index contributed by atoms with van der Waals surface area (Å²) < 4.78 is 30.0. The molecular formula is C17H18N4O2S. The van der Waals surface area contributed by atoms with E-state index in [0.29, 0.717) is 5.69 Å². The van der Waals surface area contributed by atoms with E-state index < -0.39 is 10.0 Å². The minimum absolute atomic E-state index is 0.276. The molecule has 0 saturated heterocycles. The zero-order valence-electron chi connectivity index (χ0n) is 13.4. The maximum atomic E-state index is 12.9. The molecule has 0 radical (unpaired) electrons. The van der Waals surface area contributed by atoms with Gasteiger partial charge in [0.05, 0.1) is 16.9 Å². The quantitative estimate of drug-likeness (QED) is 0.794. The molecule has 4 rings (SSSR count). The number of fused-ring (bicyclic) bond motifs is 2. The highest BCUT2D eigenvalue weighted by Crippen LogP contribution is 2.28. The summed E-state index contributed by atoms with van der Waals surface area (Å²) in [5, 5.41) is 5.64. The molecule has 1 aliphatic carbocycles. The van der Waals surface area contributed by atoms with Gasteiger partial charge in [-0.05, 0) is 43.9 Å². The van der Waals surface area contributed by atoms with Gasteiger partial charge in [-0.2, -0.15) is 13.5 Å². The molecule has 1 aromatic carbocycles. The second kappa shape index (κ2) is 5.59. The number of anilines is 1. The molecule has 2 heterocycles. The molecule has 24 heavy (non-hydrogen) atoms. The Morgan fingerprint density at radius 3 is 2.88 bits per heavy atom. The van der Waals surface area contributed by atoms with E-state index in [1.807, 2.05) is 18.2 Å². The number of pyridine rings is 1. The number of sulfonamides is 1. The lowest BCUT2D eigenvalue weighted by atomic mass is 9.99. The minimum atomic E-state index is -3.69. The summed E-state index contributed by atoms with van der Waals surface area (Å²) in [5.74, 6) is 0. The number of rotatable bonds is 3. The normalized spacial score (nSPS) is 14.5. The molecule has 124 valence electrons. The van der Waals surface area contributed by atoms with Gasteiger partial charge >= 0.3 is 0 Å². The van der Waals surface area contributed by atoms with Crippen LogP contribution in [0.4, 0.5) is 5.69 Å². The first-order valence-corrected chi connectivity index (χ1v) is 9.45. The molecule has 3 aromatic rings. The third-order valence-electron chi connectivity index (χ3n) is 4.37. The average Bonchev–Trinajstić information content (AvgIpc) is 2.91. The third kappa shape index (κ3) is 2.54. The van der Waals surface area contributed by atoms with Crippen LogP contribution < -0.4 is 4.72 Å². The number of benzene rings is 1. The van der Waals surface area contributed by atoms with Crippen molar-refractivity contribution in [1.82, 2.24) is 14.8 Å². The predicted octanol–water partition coefficient (Wildman–Crippen LogP) is 2.65. The molecule has 0 amide bonds. The SMILES string of the molecule is Cn1nc2c(c1S(=O)(=O)Nc1ccc3cccnc3c1)CCCC2. The van der Waals surface area contributed by atoms with Crippen molar-refractivity contribution in [1.29, 1.82) is 0 Å². The van der Waals surface area contributed by atoms with Gasteiger partial charge in [-0.25, -0.2) is 0 Å². The van der Waals surface area contributed by atoms with Crippen molar-refractivity contribution in [3.8, 4) is 0 Å². The maximum absolute atomic E-state index is 12.9. The molecule has 0 aliphatic heterocycles. The highest BCUT2D eigenvalue weighted by molar-refractivity contribution is 7.92. The van der Waals surface area contributed by atoms with Crippen molar-refractivity contribution in [2.24, 2.45) is 7.05 Å². The lowest BCUT2D eigenvalue weighted by Gasteiger charge is -2.13.